The van der Waals surface area contributed by atoms with Crippen molar-refractivity contribution in [2.45, 2.75) is 0 Å². The van der Waals surface area contributed by atoms with Gasteiger partial charge in [0.05, 0.1) is 11.3 Å². The lowest BCUT2D eigenvalue weighted by atomic mass is 10.1. The average Bonchev–Trinajstić information content (AvgIpc) is 2.39. The molecule has 6 heteroatoms. The number of nitrogens with one attached hydrogen (secondary N) is 1. The maximum atomic E-state index is 13.0. The molecule has 0 fully saturated rings. The minimum atomic E-state index is -0.549. The first-order valence-corrected chi connectivity index (χ1v) is 5.94. The van der Waals surface area contributed by atoms with Crippen LogP contribution in [0.4, 0.5) is 15.8 Å². The average molecular weight is 290 g/mol. The third-order valence-electron chi connectivity index (χ3n) is 2.53. The molecule has 0 saturated carbocycles. The van der Waals surface area contributed by atoms with Crippen molar-refractivity contribution in [2.24, 2.45) is 0 Å². The largest absolute Gasteiger partial charge is 0.399 e. The van der Waals surface area contributed by atoms with Crippen LogP contribution in [0.1, 0.15) is 15.9 Å². The van der Waals surface area contributed by atoms with Gasteiger partial charge in [-0.3, -0.25) is 4.79 Å². The Balaban J connectivity index is 2.30. The number of hydrogen-bond donors (Lipinski definition) is 2. The summed E-state index contributed by atoms with van der Waals surface area (Å²) in [6, 6.07) is 9.74. The molecule has 0 aliphatic heterocycles. The summed E-state index contributed by atoms with van der Waals surface area (Å²) in [4.78, 5) is 12.0. The highest BCUT2D eigenvalue weighted by atomic mass is 35.5. The highest BCUT2D eigenvalue weighted by molar-refractivity contribution is 6.31. The molecule has 2 rings (SSSR count). The van der Waals surface area contributed by atoms with E-state index in [1.54, 1.807) is 0 Å². The van der Waals surface area contributed by atoms with Crippen molar-refractivity contribution >= 4 is 28.9 Å². The number of carbonyl (C=O) groups is 1. The lowest BCUT2D eigenvalue weighted by Crippen LogP contribution is -2.13. The molecule has 100 valence electrons. The third kappa shape index (κ3) is 3.05. The summed E-state index contributed by atoms with van der Waals surface area (Å²) in [6.07, 6.45) is 0. The van der Waals surface area contributed by atoms with Gasteiger partial charge in [0, 0.05) is 16.3 Å². The van der Waals surface area contributed by atoms with Crippen LogP contribution in [-0.4, -0.2) is 5.91 Å². The fourth-order valence-corrected chi connectivity index (χ4v) is 1.90. The second-order valence-corrected chi connectivity index (χ2v) is 4.47. The number of carbonyl (C=O) groups excluding carboxylic acids is 1. The van der Waals surface area contributed by atoms with Crippen LogP contribution in [0.5, 0.6) is 0 Å². The zero-order chi connectivity index (χ0) is 14.7. The van der Waals surface area contributed by atoms with Crippen molar-refractivity contribution in [3.05, 3.63) is 58.4 Å². The monoisotopic (exact) mass is 289 g/mol. The molecule has 4 nitrogen and oxygen atoms in total. The highest BCUT2D eigenvalue weighted by Gasteiger charge is 2.11. The number of nitrogens with zero attached hydrogens (tertiary/aromatic N) is 1. The van der Waals surface area contributed by atoms with Gasteiger partial charge in [0.15, 0.2) is 0 Å². The number of nitrogens with two attached hydrogens (primary N) is 1. The van der Waals surface area contributed by atoms with Crippen molar-refractivity contribution in [1.82, 2.24) is 0 Å². The van der Waals surface area contributed by atoms with E-state index >= 15 is 0 Å². The van der Waals surface area contributed by atoms with E-state index in [1.807, 2.05) is 6.07 Å². The van der Waals surface area contributed by atoms with E-state index in [9.17, 15) is 9.18 Å². The molecule has 0 atom stereocenters. The minimum Gasteiger partial charge on any atom is -0.399 e. The van der Waals surface area contributed by atoms with Gasteiger partial charge in [0.2, 0.25) is 0 Å². The zero-order valence-electron chi connectivity index (χ0n) is 10.2. The van der Waals surface area contributed by atoms with Gasteiger partial charge in [-0.15, -0.1) is 0 Å². The second-order valence-electron chi connectivity index (χ2n) is 4.03. The topological polar surface area (TPSA) is 78.9 Å². The summed E-state index contributed by atoms with van der Waals surface area (Å²) >= 11 is 5.81. The van der Waals surface area contributed by atoms with Gasteiger partial charge in [-0.05, 0) is 36.4 Å². The summed E-state index contributed by atoms with van der Waals surface area (Å²) in [7, 11) is 0. The number of nitriles is 1. The number of hydrogen-bond acceptors (Lipinski definition) is 3. The molecule has 0 saturated heterocycles. The van der Waals surface area contributed by atoms with Crippen molar-refractivity contribution in [3.63, 3.8) is 0 Å². The molecule has 0 bridgehead atoms. The SMILES string of the molecule is N#Cc1cc(F)ccc1NC(=O)c1cc(N)cc(Cl)c1. The molecular weight excluding hydrogens is 281 g/mol. The molecule has 2 aromatic rings. The fourth-order valence-electron chi connectivity index (χ4n) is 1.66. The molecule has 3 N–H and O–H groups in total. The van der Waals surface area contributed by atoms with Crippen LogP contribution in [0, 0.1) is 17.1 Å². The van der Waals surface area contributed by atoms with Crippen LogP contribution >= 0.6 is 11.6 Å². The smallest absolute Gasteiger partial charge is 0.255 e. The van der Waals surface area contributed by atoms with Crippen LogP contribution in [-0.2, 0) is 0 Å². The quantitative estimate of drug-likeness (QED) is 0.833. The van der Waals surface area contributed by atoms with E-state index in [1.165, 1.54) is 24.3 Å². The van der Waals surface area contributed by atoms with Crippen LogP contribution in [0.25, 0.3) is 0 Å². The van der Waals surface area contributed by atoms with E-state index in [0.717, 1.165) is 12.1 Å². The Morgan fingerprint density at radius 1 is 1.30 bits per heavy atom. The Hall–Kier alpha value is -2.58. The van der Waals surface area contributed by atoms with E-state index < -0.39 is 11.7 Å². The van der Waals surface area contributed by atoms with Crippen molar-refractivity contribution in [3.8, 4) is 6.07 Å². The molecule has 0 spiro atoms. The van der Waals surface area contributed by atoms with Crippen LogP contribution in [0.2, 0.25) is 5.02 Å². The van der Waals surface area contributed by atoms with Gasteiger partial charge in [-0.1, -0.05) is 11.6 Å². The number of benzene rings is 2. The van der Waals surface area contributed by atoms with Crippen molar-refractivity contribution < 1.29 is 9.18 Å². The van der Waals surface area contributed by atoms with Gasteiger partial charge < -0.3 is 11.1 Å². The summed E-state index contributed by atoms with van der Waals surface area (Å²) in [5.41, 5.74) is 6.46. The van der Waals surface area contributed by atoms with Gasteiger partial charge >= 0.3 is 0 Å². The fraction of sp³-hybridized carbons (Fsp3) is 0. The van der Waals surface area contributed by atoms with Crippen LogP contribution in [0.3, 0.4) is 0 Å². The number of amides is 1. The molecule has 0 heterocycles. The number of rotatable bonds is 2. The Morgan fingerprint density at radius 2 is 2.05 bits per heavy atom. The van der Waals surface area contributed by atoms with E-state index in [4.69, 9.17) is 22.6 Å². The molecule has 0 aliphatic carbocycles. The third-order valence-corrected chi connectivity index (χ3v) is 2.75. The van der Waals surface area contributed by atoms with Gasteiger partial charge in [-0.25, -0.2) is 4.39 Å². The molecule has 1 amide bonds. The predicted molar refractivity (Wildman–Crippen MR) is 74.9 cm³/mol. The summed E-state index contributed by atoms with van der Waals surface area (Å²) < 4.78 is 13.0. The highest BCUT2D eigenvalue weighted by Crippen LogP contribution is 2.20. The van der Waals surface area contributed by atoms with Crippen molar-refractivity contribution in [2.75, 3.05) is 11.1 Å². The van der Waals surface area contributed by atoms with E-state index in [-0.39, 0.29) is 16.8 Å². The number of halogens is 2. The second kappa shape index (κ2) is 5.59. The molecule has 0 aromatic heterocycles. The normalized spacial score (nSPS) is 9.85. The molecule has 20 heavy (non-hydrogen) atoms. The minimum absolute atomic E-state index is 0.0355. The molecule has 2 aromatic carbocycles. The lowest BCUT2D eigenvalue weighted by Gasteiger charge is -2.08. The first kappa shape index (κ1) is 13.8. The number of nitrogen functional groups attached to an aromatic ring is 1. The van der Waals surface area contributed by atoms with Gasteiger partial charge in [0.25, 0.3) is 5.91 Å². The summed E-state index contributed by atoms with van der Waals surface area (Å²) in [6.45, 7) is 0. The van der Waals surface area contributed by atoms with Gasteiger partial charge in [-0.2, -0.15) is 5.26 Å². The maximum Gasteiger partial charge on any atom is 0.255 e. The molecule has 0 radical (unpaired) electrons. The Kier molecular flexibility index (Phi) is 3.87. The molecule has 0 aliphatic rings. The Morgan fingerprint density at radius 3 is 2.70 bits per heavy atom. The molecular formula is C14H9ClFN3O. The Bertz CT molecular complexity index is 705. The van der Waals surface area contributed by atoms with Crippen LogP contribution < -0.4 is 11.1 Å². The predicted octanol–water partition coefficient (Wildman–Crippen LogP) is 3.19. The standard InChI is InChI=1S/C14H9ClFN3O/c15-10-3-8(5-12(18)6-10)14(20)19-13-2-1-11(16)4-9(13)7-17/h1-6H,18H2,(H,19,20). The zero-order valence-corrected chi connectivity index (χ0v) is 10.9. The van der Waals surface area contributed by atoms with E-state index in [2.05, 4.69) is 5.32 Å². The number of anilines is 2. The maximum absolute atomic E-state index is 13.0. The first-order valence-electron chi connectivity index (χ1n) is 5.56. The van der Waals surface area contributed by atoms with Gasteiger partial charge in [0.1, 0.15) is 11.9 Å². The lowest BCUT2D eigenvalue weighted by molar-refractivity contribution is 0.102. The van der Waals surface area contributed by atoms with E-state index in [0.29, 0.717) is 10.7 Å². The summed E-state index contributed by atoms with van der Waals surface area (Å²) in [5, 5.41) is 11.8. The first-order chi connectivity index (χ1) is 9.49. The van der Waals surface area contributed by atoms with Crippen molar-refractivity contribution in [1.29, 1.82) is 5.26 Å². The molecule has 0 unspecified atom stereocenters. The summed E-state index contributed by atoms with van der Waals surface area (Å²) in [5.74, 6) is -1.03. The Labute approximate surface area is 119 Å². The van der Waals surface area contributed by atoms with Crippen LogP contribution in [0.15, 0.2) is 36.4 Å².